The maximum absolute atomic E-state index is 5.65. The highest BCUT2D eigenvalue weighted by Crippen LogP contribution is 2.15. The van der Waals surface area contributed by atoms with Crippen LogP contribution in [-0.2, 0) is 9.47 Å². The predicted octanol–water partition coefficient (Wildman–Crippen LogP) is 1.45. The molecule has 0 bridgehead atoms. The minimum atomic E-state index is 0. The monoisotopic (exact) mass is 440 g/mol. The minimum absolute atomic E-state index is 0. The first-order valence-electron chi connectivity index (χ1n) is 8.71. The van der Waals surface area contributed by atoms with Gasteiger partial charge >= 0.3 is 0 Å². The van der Waals surface area contributed by atoms with E-state index in [9.17, 15) is 0 Å². The van der Waals surface area contributed by atoms with E-state index in [-0.39, 0.29) is 24.0 Å². The minimum Gasteiger partial charge on any atom is -0.377 e. The van der Waals surface area contributed by atoms with Gasteiger partial charge in [-0.05, 0) is 38.8 Å². The smallest absolute Gasteiger partial charge is 0.191 e. The Morgan fingerprint density at radius 2 is 2.17 bits per heavy atom. The van der Waals surface area contributed by atoms with Gasteiger partial charge in [0.1, 0.15) is 0 Å². The zero-order valence-electron chi connectivity index (χ0n) is 14.6. The summed E-state index contributed by atoms with van der Waals surface area (Å²) in [4.78, 5) is 6.80. The molecular formula is C16H33IN4O2. The van der Waals surface area contributed by atoms with Gasteiger partial charge < -0.3 is 20.1 Å². The maximum atomic E-state index is 5.65. The van der Waals surface area contributed by atoms with Gasteiger partial charge in [0.15, 0.2) is 5.96 Å². The van der Waals surface area contributed by atoms with Crippen LogP contribution in [0, 0.1) is 0 Å². The van der Waals surface area contributed by atoms with E-state index in [1.807, 2.05) is 7.05 Å². The van der Waals surface area contributed by atoms with Gasteiger partial charge in [-0.25, -0.2) is 0 Å². The van der Waals surface area contributed by atoms with Gasteiger partial charge in [0.05, 0.1) is 19.3 Å². The number of nitrogens with one attached hydrogen (secondary N) is 2. The second-order valence-corrected chi connectivity index (χ2v) is 6.01. The summed E-state index contributed by atoms with van der Waals surface area (Å²) in [5.41, 5.74) is 0. The lowest BCUT2D eigenvalue weighted by molar-refractivity contribution is 0.0191. The Balaban J connectivity index is 0.00000264. The molecule has 2 saturated heterocycles. The molecule has 136 valence electrons. The van der Waals surface area contributed by atoms with Crippen LogP contribution in [-0.4, -0.2) is 76.1 Å². The van der Waals surface area contributed by atoms with Crippen molar-refractivity contribution in [2.75, 3.05) is 53.0 Å². The Kier molecular flexibility index (Phi) is 11.2. The second kappa shape index (κ2) is 12.3. The summed E-state index contributed by atoms with van der Waals surface area (Å²) >= 11 is 0. The lowest BCUT2D eigenvalue weighted by atomic mass is 10.2. The van der Waals surface area contributed by atoms with Crippen LogP contribution in [0.5, 0.6) is 0 Å². The van der Waals surface area contributed by atoms with Crippen molar-refractivity contribution in [3.8, 4) is 0 Å². The van der Waals surface area contributed by atoms with Crippen molar-refractivity contribution in [3.05, 3.63) is 0 Å². The Morgan fingerprint density at radius 1 is 1.30 bits per heavy atom. The molecule has 2 aliphatic rings. The van der Waals surface area contributed by atoms with Gasteiger partial charge in [-0.1, -0.05) is 6.92 Å². The van der Waals surface area contributed by atoms with E-state index in [0.717, 1.165) is 38.6 Å². The van der Waals surface area contributed by atoms with Crippen LogP contribution < -0.4 is 10.6 Å². The quantitative estimate of drug-likeness (QED) is 0.259. The van der Waals surface area contributed by atoms with Gasteiger partial charge in [0.2, 0.25) is 0 Å². The van der Waals surface area contributed by atoms with Crippen molar-refractivity contribution in [3.63, 3.8) is 0 Å². The molecule has 23 heavy (non-hydrogen) atoms. The highest BCUT2D eigenvalue weighted by atomic mass is 127. The fraction of sp³-hybridized carbons (Fsp3) is 0.938. The Morgan fingerprint density at radius 3 is 2.87 bits per heavy atom. The second-order valence-electron chi connectivity index (χ2n) is 6.01. The maximum Gasteiger partial charge on any atom is 0.191 e. The van der Waals surface area contributed by atoms with E-state index in [4.69, 9.17) is 9.47 Å². The molecule has 0 saturated carbocycles. The molecule has 2 N–H and O–H groups in total. The summed E-state index contributed by atoms with van der Waals surface area (Å²) in [5.74, 6) is 0.865. The molecule has 0 aromatic heterocycles. The molecule has 0 aromatic rings. The first-order valence-corrected chi connectivity index (χ1v) is 8.71. The van der Waals surface area contributed by atoms with Crippen LogP contribution in [0.1, 0.15) is 32.6 Å². The van der Waals surface area contributed by atoms with Gasteiger partial charge in [0.25, 0.3) is 0 Å². The molecule has 0 aliphatic carbocycles. The van der Waals surface area contributed by atoms with E-state index in [0.29, 0.717) is 25.4 Å². The summed E-state index contributed by atoms with van der Waals surface area (Å²) in [6, 6.07) is 0.638. The topological polar surface area (TPSA) is 58.1 Å². The lowest BCUT2D eigenvalue weighted by Gasteiger charge is -2.24. The molecule has 2 unspecified atom stereocenters. The number of ether oxygens (including phenoxy) is 2. The van der Waals surface area contributed by atoms with Gasteiger partial charge in [-0.2, -0.15) is 0 Å². The van der Waals surface area contributed by atoms with Crippen molar-refractivity contribution in [1.82, 2.24) is 15.5 Å². The molecule has 0 radical (unpaired) electrons. The number of rotatable bonds is 8. The summed E-state index contributed by atoms with van der Waals surface area (Å²) in [7, 11) is 1.81. The lowest BCUT2D eigenvalue weighted by Crippen LogP contribution is -2.45. The van der Waals surface area contributed by atoms with E-state index in [1.54, 1.807) is 0 Å². The third-order valence-corrected chi connectivity index (χ3v) is 4.50. The third kappa shape index (κ3) is 7.53. The van der Waals surface area contributed by atoms with Gasteiger partial charge in [-0.3, -0.25) is 9.89 Å². The number of halogens is 1. The summed E-state index contributed by atoms with van der Waals surface area (Å²) < 4.78 is 11.2. The highest BCUT2D eigenvalue weighted by molar-refractivity contribution is 14.0. The zero-order chi connectivity index (χ0) is 15.6. The first-order chi connectivity index (χ1) is 10.8. The molecular weight excluding hydrogens is 407 g/mol. The Bertz CT molecular complexity index is 338. The molecule has 0 spiro atoms. The Labute approximate surface area is 157 Å². The number of likely N-dealkylation sites (tertiary alicyclic amines) is 1. The van der Waals surface area contributed by atoms with Gasteiger partial charge in [-0.15, -0.1) is 24.0 Å². The molecule has 2 atom stereocenters. The summed E-state index contributed by atoms with van der Waals surface area (Å²) in [5, 5.41) is 6.73. The van der Waals surface area contributed by atoms with Gasteiger partial charge in [0, 0.05) is 32.8 Å². The molecule has 2 fully saturated rings. The number of likely N-dealkylation sites (N-methyl/N-ethyl adjacent to an activating group) is 1. The van der Waals surface area contributed by atoms with E-state index in [2.05, 4.69) is 27.4 Å². The van der Waals surface area contributed by atoms with E-state index in [1.165, 1.54) is 25.8 Å². The molecule has 7 heteroatoms. The van der Waals surface area contributed by atoms with Crippen molar-refractivity contribution in [2.45, 2.75) is 44.8 Å². The fourth-order valence-electron chi connectivity index (χ4n) is 3.21. The Hall–Kier alpha value is -0.120. The van der Waals surface area contributed by atoms with E-state index < -0.39 is 0 Å². The van der Waals surface area contributed by atoms with E-state index >= 15 is 0 Å². The molecule has 2 rings (SSSR count). The largest absolute Gasteiger partial charge is 0.377 e. The molecule has 0 amide bonds. The number of hydrogen-bond donors (Lipinski definition) is 2. The molecule has 0 aromatic carbocycles. The molecule has 2 heterocycles. The average Bonchev–Trinajstić information content (AvgIpc) is 3.21. The highest BCUT2D eigenvalue weighted by Gasteiger charge is 2.22. The number of aliphatic imine (C=N–C) groups is 1. The number of guanidine groups is 1. The fourth-order valence-corrected chi connectivity index (χ4v) is 3.21. The standard InChI is InChI=1S/C16H32N4O2.HI/c1-3-20-9-4-6-14(20)12-19-16(17-2)18-8-11-21-13-15-7-5-10-22-15;/h14-15H,3-13H2,1-2H3,(H2,17,18,19);1H. The summed E-state index contributed by atoms with van der Waals surface area (Å²) in [6.07, 6.45) is 5.19. The molecule has 6 nitrogen and oxygen atoms in total. The zero-order valence-corrected chi connectivity index (χ0v) is 16.9. The number of hydrogen-bond acceptors (Lipinski definition) is 4. The van der Waals surface area contributed by atoms with Crippen molar-refractivity contribution in [2.24, 2.45) is 4.99 Å². The van der Waals surface area contributed by atoms with Crippen LogP contribution in [0.4, 0.5) is 0 Å². The SMILES string of the molecule is CCN1CCCC1CNC(=NC)NCCOCC1CCCO1.I. The average molecular weight is 440 g/mol. The third-order valence-electron chi connectivity index (χ3n) is 4.50. The van der Waals surface area contributed by atoms with Crippen molar-refractivity contribution >= 4 is 29.9 Å². The predicted molar refractivity (Wildman–Crippen MR) is 105 cm³/mol. The van der Waals surface area contributed by atoms with Crippen LogP contribution >= 0.6 is 24.0 Å². The molecule has 2 aliphatic heterocycles. The summed E-state index contributed by atoms with van der Waals surface area (Å²) in [6.45, 7) is 8.61. The first kappa shape index (κ1) is 20.9. The van der Waals surface area contributed by atoms with Crippen LogP contribution in [0.15, 0.2) is 4.99 Å². The van der Waals surface area contributed by atoms with Crippen LogP contribution in [0.2, 0.25) is 0 Å². The van der Waals surface area contributed by atoms with Crippen molar-refractivity contribution in [1.29, 1.82) is 0 Å². The van der Waals surface area contributed by atoms with Crippen molar-refractivity contribution < 1.29 is 9.47 Å². The van der Waals surface area contributed by atoms with Crippen LogP contribution in [0.25, 0.3) is 0 Å². The normalized spacial score (nSPS) is 25.4. The van der Waals surface area contributed by atoms with Crippen LogP contribution in [0.3, 0.4) is 0 Å². The number of nitrogens with zero attached hydrogens (tertiary/aromatic N) is 2.